The molecule has 0 aromatic carbocycles. The number of alkyl halides is 1. The first-order valence-corrected chi connectivity index (χ1v) is 5.12. The Hall–Kier alpha value is -0.400. The third kappa shape index (κ3) is 9.51. The van der Waals surface area contributed by atoms with Crippen LogP contribution in [-0.2, 0) is 0 Å². The molecule has 1 unspecified atom stereocenters. The van der Waals surface area contributed by atoms with Crippen LogP contribution in [0.15, 0.2) is 12.4 Å². The summed E-state index contributed by atoms with van der Waals surface area (Å²) in [6, 6.07) is 0. The minimum atomic E-state index is -0.199. The van der Waals surface area contributed by atoms with Crippen LogP contribution in [0.4, 0.5) is 8.78 Å². The molecule has 0 aromatic rings. The van der Waals surface area contributed by atoms with Crippen LogP contribution >= 0.6 is 0 Å². The van der Waals surface area contributed by atoms with Crippen LogP contribution in [-0.4, -0.2) is 6.67 Å². The average Bonchev–Trinajstić information content (AvgIpc) is 2.14. The summed E-state index contributed by atoms with van der Waals surface area (Å²) < 4.78 is 23.3. The summed E-state index contributed by atoms with van der Waals surface area (Å²) in [4.78, 5) is 0. The Morgan fingerprint density at radius 2 is 1.85 bits per heavy atom. The Labute approximate surface area is 80.0 Å². The summed E-state index contributed by atoms with van der Waals surface area (Å²) in [6.07, 6.45) is 7.95. The Bertz CT molecular complexity index is 121. The van der Waals surface area contributed by atoms with Gasteiger partial charge in [-0.3, -0.25) is 4.39 Å². The first kappa shape index (κ1) is 12.6. The van der Waals surface area contributed by atoms with Crippen LogP contribution in [0.2, 0.25) is 0 Å². The third-order valence-corrected chi connectivity index (χ3v) is 2.24. The van der Waals surface area contributed by atoms with E-state index in [4.69, 9.17) is 0 Å². The predicted octanol–water partition coefficient (Wildman–Crippen LogP) is 4.42. The van der Waals surface area contributed by atoms with E-state index in [1.165, 1.54) is 0 Å². The normalized spacial score (nSPS) is 13.8. The van der Waals surface area contributed by atoms with E-state index in [0.29, 0.717) is 18.7 Å². The molecule has 0 radical (unpaired) electrons. The second-order valence-corrected chi connectivity index (χ2v) is 3.58. The molecule has 0 saturated carbocycles. The molecule has 0 N–H and O–H groups in total. The van der Waals surface area contributed by atoms with Crippen molar-refractivity contribution >= 4 is 0 Å². The van der Waals surface area contributed by atoms with Crippen LogP contribution in [0.25, 0.3) is 0 Å². The van der Waals surface area contributed by atoms with Gasteiger partial charge >= 0.3 is 0 Å². The fourth-order valence-corrected chi connectivity index (χ4v) is 1.39. The van der Waals surface area contributed by atoms with Gasteiger partial charge in [-0.1, -0.05) is 25.8 Å². The van der Waals surface area contributed by atoms with Gasteiger partial charge in [0, 0.05) is 0 Å². The highest BCUT2D eigenvalue weighted by Crippen LogP contribution is 2.14. The molecule has 0 aliphatic carbocycles. The van der Waals surface area contributed by atoms with E-state index < -0.39 is 0 Å². The van der Waals surface area contributed by atoms with Gasteiger partial charge in [-0.15, -0.1) is 0 Å². The highest BCUT2D eigenvalue weighted by atomic mass is 19.1. The third-order valence-electron chi connectivity index (χ3n) is 2.24. The highest BCUT2D eigenvalue weighted by molar-refractivity contribution is 4.71. The van der Waals surface area contributed by atoms with Crippen molar-refractivity contribution in [3.63, 3.8) is 0 Å². The average molecular weight is 190 g/mol. The molecule has 1 atom stereocenters. The molecule has 0 nitrogen and oxygen atoms in total. The number of rotatable bonds is 8. The molecular formula is C11H20F2. The first-order valence-electron chi connectivity index (χ1n) is 5.12. The van der Waals surface area contributed by atoms with Gasteiger partial charge in [0.15, 0.2) is 0 Å². The summed E-state index contributed by atoms with van der Waals surface area (Å²) >= 11 is 0. The van der Waals surface area contributed by atoms with Crippen molar-refractivity contribution in [2.45, 2.75) is 45.4 Å². The van der Waals surface area contributed by atoms with Crippen molar-refractivity contribution < 1.29 is 8.78 Å². The maximum absolute atomic E-state index is 11.8. The van der Waals surface area contributed by atoms with Crippen molar-refractivity contribution in [3.8, 4) is 0 Å². The summed E-state index contributed by atoms with van der Waals surface area (Å²) in [5.74, 6) is 0.616. The monoisotopic (exact) mass is 190 g/mol. The van der Waals surface area contributed by atoms with Crippen LogP contribution < -0.4 is 0 Å². The lowest BCUT2D eigenvalue weighted by Gasteiger charge is -2.08. The fourth-order valence-electron chi connectivity index (χ4n) is 1.39. The largest absolute Gasteiger partial charge is 0.251 e. The molecule has 13 heavy (non-hydrogen) atoms. The summed E-state index contributed by atoms with van der Waals surface area (Å²) in [5.41, 5.74) is 0. The molecule has 78 valence electrons. The van der Waals surface area contributed by atoms with Crippen LogP contribution in [0, 0.1) is 5.92 Å². The molecule has 0 saturated heterocycles. The van der Waals surface area contributed by atoms with Crippen LogP contribution in [0.1, 0.15) is 45.4 Å². The molecule has 0 amide bonds. The van der Waals surface area contributed by atoms with E-state index in [-0.39, 0.29) is 6.67 Å². The van der Waals surface area contributed by atoms with E-state index >= 15 is 0 Å². The molecule has 2 heteroatoms. The molecule has 0 rings (SSSR count). The Balaban J connectivity index is 3.11. The summed E-state index contributed by atoms with van der Waals surface area (Å²) in [5, 5.41) is 0. The Morgan fingerprint density at radius 1 is 1.15 bits per heavy atom. The zero-order valence-corrected chi connectivity index (χ0v) is 8.44. The molecule has 0 aromatic heterocycles. The highest BCUT2D eigenvalue weighted by Gasteiger charge is 2.00. The molecular weight excluding hydrogens is 170 g/mol. The lowest BCUT2D eigenvalue weighted by molar-refractivity contribution is 0.396. The molecule has 0 aliphatic rings. The van der Waals surface area contributed by atoms with Gasteiger partial charge in [-0.05, 0) is 31.6 Å². The van der Waals surface area contributed by atoms with Crippen molar-refractivity contribution in [3.05, 3.63) is 12.4 Å². The minimum absolute atomic E-state index is 0.199. The number of unbranched alkanes of at least 4 members (excludes halogenated alkanes) is 2. The van der Waals surface area contributed by atoms with Gasteiger partial charge < -0.3 is 0 Å². The van der Waals surface area contributed by atoms with Crippen molar-refractivity contribution in [1.29, 1.82) is 0 Å². The number of halogens is 2. The zero-order chi connectivity index (χ0) is 9.94. The lowest BCUT2D eigenvalue weighted by atomic mass is 9.98. The maximum atomic E-state index is 11.8. The number of hydrogen-bond donors (Lipinski definition) is 0. The molecule has 0 aliphatic heterocycles. The van der Waals surface area contributed by atoms with Gasteiger partial charge in [0.2, 0.25) is 0 Å². The fraction of sp³-hybridized carbons (Fsp3) is 0.818. The zero-order valence-electron chi connectivity index (χ0n) is 8.44. The van der Waals surface area contributed by atoms with Crippen molar-refractivity contribution in [2.75, 3.05) is 6.67 Å². The van der Waals surface area contributed by atoms with E-state index in [1.807, 2.05) is 0 Å². The molecule has 0 bridgehead atoms. The van der Waals surface area contributed by atoms with Crippen LogP contribution in [0.5, 0.6) is 0 Å². The standard InChI is InChI=1S/C11H20F2/c1-11(8-6-10-13)7-4-2-3-5-9-12/h5,9,11H,2-4,6-8,10H2,1H3. The van der Waals surface area contributed by atoms with Crippen molar-refractivity contribution in [1.82, 2.24) is 0 Å². The first-order chi connectivity index (χ1) is 6.31. The second kappa shape index (κ2) is 9.69. The van der Waals surface area contributed by atoms with E-state index in [1.54, 1.807) is 6.08 Å². The van der Waals surface area contributed by atoms with Gasteiger partial charge in [0.1, 0.15) is 0 Å². The van der Waals surface area contributed by atoms with Gasteiger partial charge in [0.25, 0.3) is 0 Å². The van der Waals surface area contributed by atoms with E-state index in [0.717, 1.165) is 32.1 Å². The van der Waals surface area contributed by atoms with Gasteiger partial charge in [0.05, 0.1) is 13.0 Å². The van der Waals surface area contributed by atoms with E-state index in [9.17, 15) is 8.78 Å². The Morgan fingerprint density at radius 3 is 2.46 bits per heavy atom. The van der Waals surface area contributed by atoms with Crippen molar-refractivity contribution in [2.24, 2.45) is 5.92 Å². The lowest BCUT2D eigenvalue weighted by Crippen LogP contribution is -1.95. The van der Waals surface area contributed by atoms with Gasteiger partial charge in [-0.25, -0.2) is 4.39 Å². The van der Waals surface area contributed by atoms with Crippen LogP contribution in [0.3, 0.4) is 0 Å². The summed E-state index contributed by atoms with van der Waals surface area (Å²) in [6.45, 7) is 1.95. The number of hydrogen-bond acceptors (Lipinski definition) is 0. The summed E-state index contributed by atoms with van der Waals surface area (Å²) in [7, 11) is 0. The quantitative estimate of drug-likeness (QED) is 0.497. The van der Waals surface area contributed by atoms with E-state index in [2.05, 4.69) is 6.92 Å². The molecule has 0 spiro atoms. The smallest absolute Gasteiger partial charge is 0.0894 e. The number of allylic oxidation sites excluding steroid dienone is 1. The topological polar surface area (TPSA) is 0 Å². The second-order valence-electron chi connectivity index (χ2n) is 3.58. The van der Waals surface area contributed by atoms with Gasteiger partial charge in [-0.2, -0.15) is 0 Å². The molecule has 0 heterocycles. The Kier molecular flexibility index (Phi) is 9.39. The SMILES string of the molecule is CC(CCCF)CCCCC=CF. The maximum Gasteiger partial charge on any atom is 0.0894 e. The predicted molar refractivity (Wildman–Crippen MR) is 53.1 cm³/mol. The minimum Gasteiger partial charge on any atom is -0.251 e. The molecule has 0 fully saturated rings.